The van der Waals surface area contributed by atoms with Crippen LogP contribution in [-0.2, 0) is 9.09 Å². The average Bonchev–Trinajstić information content (AvgIpc) is 1.84. The Labute approximate surface area is 54.1 Å². The monoisotopic (exact) mass is 148 g/mol. The van der Waals surface area contributed by atoms with Crippen molar-refractivity contribution < 1.29 is 9.09 Å². The van der Waals surface area contributed by atoms with Crippen LogP contribution in [0.2, 0.25) is 0 Å². The minimum Gasteiger partial charge on any atom is -0.307 e. The number of nitrogens with zero attached hydrogens (tertiary/aromatic N) is 1. The standard InChI is InChI=1S/C4H9N2O2P/c1-2-3-8-9(6,7)4-5/h2-3H2,1H3,(H2,6,7). The molecule has 0 bridgehead atoms. The summed E-state index contributed by atoms with van der Waals surface area (Å²) < 4.78 is 15.0. The fraction of sp³-hybridized carbons (Fsp3) is 0.750. The van der Waals surface area contributed by atoms with Crippen LogP contribution in [0.15, 0.2) is 0 Å². The topological polar surface area (TPSA) is 76.1 Å². The molecule has 0 aromatic rings. The number of hydrogen-bond acceptors (Lipinski definition) is 3. The number of nitriles is 1. The molecular weight excluding hydrogens is 139 g/mol. The third-order valence-corrected chi connectivity index (χ3v) is 1.47. The lowest BCUT2D eigenvalue weighted by atomic mass is 10.5. The van der Waals surface area contributed by atoms with Gasteiger partial charge < -0.3 is 4.52 Å². The summed E-state index contributed by atoms with van der Waals surface area (Å²) in [6, 6.07) is 0. The highest BCUT2D eigenvalue weighted by Crippen LogP contribution is 2.34. The molecule has 0 heterocycles. The highest BCUT2D eigenvalue weighted by molar-refractivity contribution is 7.61. The lowest BCUT2D eigenvalue weighted by Crippen LogP contribution is -1.97. The normalized spacial score (nSPS) is 16.1. The molecule has 0 aliphatic carbocycles. The molecule has 0 aromatic heterocycles. The fourth-order valence-electron chi connectivity index (χ4n) is 0.256. The molecule has 0 spiro atoms. The van der Waals surface area contributed by atoms with Crippen molar-refractivity contribution in [3.8, 4) is 5.81 Å². The van der Waals surface area contributed by atoms with Crippen molar-refractivity contribution in [3.63, 3.8) is 0 Å². The van der Waals surface area contributed by atoms with Crippen molar-refractivity contribution in [1.29, 1.82) is 5.26 Å². The maximum atomic E-state index is 10.5. The van der Waals surface area contributed by atoms with Gasteiger partial charge in [0.05, 0.1) is 6.61 Å². The Hall–Kier alpha value is -0.360. The van der Waals surface area contributed by atoms with Crippen molar-refractivity contribution in [2.45, 2.75) is 13.3 Å². The van der Waals surface area contributed by atoms with Crippen LogP contribution in [0.5, 0.6) is 0 Å². The summed E-state index contributed by atoms with van der Waals surface area (Å²) in [6.45, 7) is 2.12. The van der Waals surface area contributed by atoms with Crippen LogP contribution in [0.3, 0.4) is 0 Å². The predicted octanol–water partition coefficient (Wildman–Crippen LogP) is 1.05. The minimum absolute atomic E-state index is 0.279. The third-order valence-electron chi connectivity index (χ3n) is 0.627. The van der Waals surface area contributed by atoms with E-state index in [1.54, 1.807) is 0 Å². The van der Waals surface area contributed by atoms with E-state index in [2.05, 4.69) is 4.52 Å². The lowest BCUT2D eigenvalue weighted by molar-refractivity contribution is 0.320. The van der Waals surface area contributed by atoms with E-state index in [-0.39, 0.29) is 6.61 Å². The molecule has 0 rings (SSSR count). The Morgan fingerprint density at radius 2 is 2.44 bits per heavy atom. The van der Waals surface area contributed by atoms with Gasteiger partial charge in [-0.15, -0.1) is 0 Å². The first-order valence-corrected chi connectivity index (χ1v) is 4.26. The molecule has 1 atom stereocenters. The molecule has 0 aliphatic heterocycles. The summed E-state index contributed by atoms with van der Waals surface area (Å²) in [6.07, 6.45) is 0.711. The Kier molecular flexibility index (Phi) is 3.48. The highest BCUT2D eigenvalue weighted by Gasteiger charge is 2.13. The molecule has 52 valence electrons. The molecule has 0 saturated carbocycles. The number of hydrogen-bond donors (Lipinski definition) is 1. The van der Waals surface area contributed by atoms with E-state index in [1.165, 1.54) is 5.81 Å². The predicted molar refractivity (Wildman–Crippen MR) is 33.6 cm³/mol. The van der Waals surface area contributed by atoms with Crippen molar-refractivity contribution in [3.05, 3.63) is 0 Å². The zero-order valence-electron chi connectivity index (χ0n) is 5.20. The largest absolute Gasteiger partial charge is 0.365 e. The molecule has 4 nitrogen and oxygen atoms in total. The van der Waals surface area contributed by atoms with Gasteiger partial charge in [-0.2, -0.15) is 5.26 Å². The van der Waals surface area contributed by atoms with Crippen LogP contribution in [0.4, 0.5) is 0 Å². The second-order valence-electron chi connectivity index (χ2n) is 1.53. The quantitative estimate of drug-likeness (QED) is 0.606. The van der Waals surface area contributed by atoms with Gasteiger partial charge in [0.25, 0.3) is 0 Å². The van der Waals surface area contributed by atoms with Crippen molar-refractivity contribution in [2.24, 2.45) is 5.50 Å². The molecule has 2 N–H and O–H groups in total. The average molecular weight is 148 g/mol. The summed E-state index contributed by atoms with van der Waals surface area (Å²) in [4.78, 5) is 0. The maximum absolute atomic E-state index is 10.5. The van der Waals surface area contributed by atoms with Crippen LogP contribution >= 0.6 is 7.52 Å². The Balaban J connectivity index is 3.64. The Bertz CT molecular complexity index is 162. The summed E-state index contributed by atoms with van der Waals surface area (Å²) >= 11 is 0. The molecule has 9 heavy (non-hydrogen) atoms. The van der Waals surface area contributed by atoms with Crippen molar-refractivity contribution in [2.75, 3.05) is 6.61 Å². The molecule has 0 fully saturated rings. The Morgan fingerprint density at radius 3 is 2.78 bits per heavy atom. The highest BCUT2D eigenvalue weighted by atomic mass is 31.2. The van der Waals surface area contributed by atoms with Gasteiger partial charge in [-0.3, -0.25) is 4.57 Å². The van der Waals surface area contributed by atoms with Crippen LogP contribution in [0.25, 0.3) is 0 Å². The zero-order valence-corrected chi connectivity index (χ0v) is 6.10. The Morgan fingerprint density at radius 1 is 1.89 bits per heavy atom. The maximum Gasteiger partial charge on any atom is 0.365 e. The number of rotatable bonds is 3. The van der Waals surface area contributed by atoms with E-state index in [0.717, 1.165) is 0 Å². The lowest BCUT2D eigenvalue weighted by Gasteiger charge is -2.01. The molecule has 0 aliphatic rings. The van der Waals surface area contributed by atoms with E-state index in [4.69, 9.17) is 10.8 Å². The summed E-state index contributed by atoms with van der Waals surface area (Å²) in [5.74, 6) is 1.39. The van der Waals surface area contributed by atoms with E-state index in [1.807, 2.05) is 6.92 Å². The fourth-order valence-corrected chi connectivity index (χ4v) is 0.767. The van der Waals surface area contributed by atoms with E-state index >= 15 is 0 Å². The first-order chi connectivity index (χ1) is 4.12. The van der Waals surface area contributed by atoms with Gasteiger partial charge in [-0.1, -0.05) is 6.92 Å². The summed E-state index contributed by atoms with van der Waals surface area (Å²) in [5, 5.41) is 8.06. The van der Waals surface area contributed by atoms with Crippen molar-refractivity contribution >= 4 is 7.52 Å². The third kappa shape index (κ3) is 4.16. The summed E-state index contributed by atoms with van der Waals surface area (Å²) in [5.41, 5.74) is 4.87. The van der Waals surface area contributed by atoms with Crippen LogP contribution in [0.1, 0.15) is 13.3 Å². The van der Waals surface area contributed by atoms with Crippen LogP contribution in [0, 0.1) is 11.1 Å². The minimum atomic E-state index is -3.38. The first-order valence-electron chi connectivity index (χ1n) is 2.57. The van der Waals surface area contributed by atoms with Crippen LogP contribution < -0.4 is 5.50 Å². The van der Waals surface area contributed by atoms with Gasteiger partial charge in [0.2, 0.25) is 0 Å². The van der Waals surface area contributed by atoms with Gasteiger partial charge in [0.15, 0.2) is 5.81 Å². The van der Waals surface area contributed by atoms with E-state index < -0.39 is 7.52 Å². The van der Waals surface area contributed by atoms with E-state index in [9.17, 15) is 4.57 Å². The first kappa shape index (κ1) is 8.64. The zero-order chi connectivity index (χ0) is 7.33. The second-order valence-corrected chi connectivity index (χ2v) is 3.18. The number of nitrogens with two attached hydrogens (primary N) is 1. The van der Waals surface area contributed by atoms with Gasteiger partial charge in [0.1, 0.15) is 0 Å². The van der Waals surface area contributed by atoms with Gasteiger partial charge in [-0.05, 0) is 6.42 Å². The molecule has 0 radical (unpaired) electrons. The molecule has 0 aromatic carbocycles. The van der Waals surface area contributed by atoms with E-state index in [0.29, 0.717) is 6.42 Å². The van der Waals surface area contributed by atoms with Crippen LogP contribution in [-0.4, -0.2) is 6.61 Å². The SMILES string of the molecule is CCCOP(N)(=O)C#N. The van der Waals surface area contributed by atoms with Crippen molar-refractivity contribution in [1.82, 2.24) is 0 Å². The second kappa shape index (κ2) is 3.62. The van der Waals surface area contributed by atoms with Gasteiger partial charge in [-0.25, -0.2) is 5.50 Å². The molecular formula is C4H9N2O2P. The smallest absolute Gasteiger partial charge is 0.307 e. The molecule has 0 saturated heterocycles. The molecule has 5 heteroatoms. The molecule has 0 amide bonds. The van der Waals surface area contributed by atoms with Gasteiger partial charge >= 0.3 is 7.52 Å². The summed E-state index contributed by atoms with van der Waals surface area (Å²) in [7, 11) is -3.38. The van der Waals surface area contributed by atoms with Gasteiger partial charge in [0, 0.05) is 0 Å². The molecule has 1 unspecified atom stereocenters.